The van der Waals surface area contributed by atoms with Crippen molar-refractivity contribution in [2.75, 3.05) is 12.4 Å². The molecule has 0 aliphatic rings. The number of ether oxygens (including phenoxy) is 1. The molecule has 0 spiro atoms. The zero-order chi connectivity index (χ0) is 13.1. The molecule has 4 nitrogen and oxygen atoms in total. The largest absolute Gasteiger partial charge is 0.465 e. The average molecular weight is 281 g/mol. The Hall–Kier alpha value is -1.66. The first-order chi connectivity index (χ1) is 8.60. The van der Waals surface area contributed by atoms with Crippen molar-refractivity contribution in [3.8, 4) is 0 Å². The summed E-state index contributed by atoms with van der Waals surface area (Å²) in [6.45, 7) is 1.95. The number of hydrogen-bond acceptors (Lipinski definition) is 5. The summed E-state index contributed by atoms with van der Waals surface area (Å²) >= 11 is 2.63. The van der Waals surface area contributed by atoms with Crippen LogP contribution in [0.15, 0.2) is 24.3 Å². The Morgan fingerprint density at radius 2 is 1.83 bits per heavy atom. The van der Waals surface area contributed by atoms with E-state index in [9.17, 15) is 9.59 Å². The zero-order valence-electron chi connectivity index (χ0n) is 9.85. The quantitative estimate of drug-likeness (QED) is 0.879. The Morgan fingerprint density at radius 3 is 2.44 bits per heavy atom. The minimum atomic E-state index is -0.396. The summed E-state index contributed by atoms with van der Waals surface area (Å²) in [6, 6.07) is 7.00. The van der Waals surface area contributed by atoms with Gasteiger partial charge >= 0.3 is 5.97 Å². The van der Waals surface area contributed by atoms with Gasteiger partial charge in [-0.1, -0.05) is 0 Å². The molecule has 2 rings (SSSR count). The lowest BCUT2D eigenvalue weighted by Crippen LogP contribution is -2.08. The third kappa shape index (κ3) is 2.77. The second-order valence-electron chi connectivity index (χ2n) is 3.52. The maximum Gasteiger partial charge on any atom is 0.348 e. The van der Waals surface area contributed by atoms with Crippen LogP contribution in [0.2, 0.25) is 0 Å². The Balaban J connectivity index is 2.08. The van der Waals surface area contributed by atoms with E-state index in [1.165, 1.54) is 29.8 Å². The van der Waals surface area contributed by atoms with E-state index in [1.807, 2.05) is 13.0 Å². The normalized spacial score (nSPS) is 10.1. The molecule has 2 aromatic rings. The molecule has 2 heterocycles. The van der Waals surface area contributed by atoms with Crippen LogP contribution < -0.4 is 5.32 Å². The fourth-order valence-corrected chi connectivity index (χ4v) is 2.93. The van der Waals surface area contributed by atoms with Gasteiger partial charge in [0.1, 0.15) is 4.88 Å². The van der Waals surface area contributed by atoms with Crippen LogP contribution in [-0.2, 0) is 4.74 Å². The smallest absolute Gasteiger partial charge is 0.348 e. The Kier molecular flexibility index (Phi) is 3.78. The molecule has 0 atom stereocenters. The van der Waals surface area contributed by atoms with Crippen LogP contribution >= 0.6 is 22.7 Å². The van der Waals surface area contributed by atoms with Gasteiger partial charge in [-0.25, -0.2) is 4.79 Å². The van der Waals surface area contributed by atoms with E-state index < -0.39 is 5.97 Å². The van der Waals surface area contributed by atoms with Crippen molar-refractivity contribution in [2.45, 2.75) is 6.92 Å². The molecule has 0 saturated heterocycles. The van der Waals surface area contributed by atoms with Crippen LogP contribution in [-0.4, -0.2) is 19.0 Å². The molecular weight excluding hydrogens is 270 g/mol. The van der Waals surface area contributed by atoms with Crippen LogP contribution in [0.25, 0.3) is 0 Å². The maximum absolute atomic E-state index is 11.9. The highest BCUT2D eigenvalue weighted by atomic mass is 32.1. The average Bonchev–Trinajstić information content (AvgIpc) is 2.97. The molecule has 0 aromatic carbocycles. The van der Waals surface area contributed by atoms with Gasteiger partial charge in [0.15, 0.2) is 0 Å². The molecule has 94 valence electrons. The monoisotopic (exact) mass is 281 g/mol. The van der Waals surface area contributed by atoms with E-state index in [4.69, 9.17) is 0 Å². The summed E-state index contributed by atoms with van der Waals surface area (Å²) in [5.74, 6) is -0.557. The first-order valence-electron chi connectivity index (χ1n) is 5.16. The van der Waals surface area contributed by atoms with Gasteiger partial charge in [0.2, 0.25) is 0 Å². The molecule has 6 heteroatoms. The van der Waals surface area contributed by atoms with Crippen molar-refractivity contribution in [1.29, 1.82) is 0 Å². The van der Waals surface area contributed by atoms with E-state index >= 15 is 0 Å². The molecule has 1 amide bonds. The fourth-order valence-electron chi connectivity index (χ4n) is 1.35. The van der Waals surface area contributed by atoms with Crippen molar-refractivity contribution in [3.63, 3.8) is 0 Å². The number of rotatable bonds is 3. The third-order valence-corrected chi connectivity index (χ3v) is 4.17. The number of carbonyl (C=O) groups is 2. The number of methoxy groups -OCH3 is 1. The summed E-state index contributed by atoms with van der Waals surface area (Å²) in [5.41, 5.74) is 0. The number of esters is 1. The number of thiophene rings is 2. The van der Waals surface area contributed by atoms with Gasteiger partial charge in [-0.2, -0.15) is 0 Å². The van der Waals surface area contributed by atoms with Crippen LogP contribution in [0, 0.1) is 6.92 Å². The topological polar surface area (TPSA) is 55.4 Å². The van der Waals surface area contributed by atoms with Crippen LogP contribution in [0.5, 0.6) is 0 Å². The molecule has 0 radical (unpaired) electrons. The van der Waals surface area contributed by atoms with Crippen molar-refractivity contribution >= 4 is 39.6 Å². The number of aryl methyl sites for hydroxylation is 1. The maximum atomic E-state index is 11.9. The first kappa shape index (κ1) is 12.8. The number of carbonyl (C=O) groups excluding carboxylic acids is 2. The molecule has 2 aromatic heterocycles. The number of anilines is 1. The van der Waals surface area contributed by atoms with Crippen molar-refractivity contribution in [3.05, 3.63) is 38.9 Å². The standard InChI is InChI=1S/C12H11NO3S2/c1-7-3-4-8(17-7)11(14)13-10-6-5-9(18-10)12(15)16-2/h3-6H,1-2H3,(H,13,14). The molecule has 0 bridgehead atoms. The highest BCUT2D eigenvalue weighted by molar-refractivity contribution is 7.18. The van der Waals surface area contributed by atoms with Crippen molar-refractivity contribution in [2.24, 2.45) is 0 Å². The van der Waals surface area contributed by atoms with E-state index in [0.717, 1.165) is 4.88 Å². The van der Waals surface area contributed by atoms with Crippen molar-refractivity contribution < 1.29 is 14.3 Å². The summed E-state index contributed by atoms with van der Waals surface area (Å²) in [6.07, 6.45) is 0. The lowest BCUT2D eigenvalue weighted by molar-refractivity contribution is 0.0606. The predicted molar refractivity (Wildman–Crippen MR) is 72.7 cm³/mol. The van der Waals surface area contributed by atoms with Gasteiger partial charge in [0.25, 0.3) is 5.91 Å². The van der Waals surface area contributed by atoms with Crippen molar-refractivity contribution in [1.82, 2.24) is 0 Å². The van der Waals surface area contributed by atoms with Gasteiger partial charge in [0.05, 0.1) is 17.0 Å². The lowest BCUT2D eigenvalue weighted by Gasteiger charge is -1.98. The molecule has 0 saturated carbocycles. The second-order valence-corrected chi connectivity index (χ2v) is 5.89. The van der Waals surface area contributed by atoms with E-state index in [1.54, 1.807) is 18.2 Å². The molecule has 0 aliphatic heterocycles. The van der Waals surface area contributed by atoms with E-state index in [2.05, 4.69) is 10.1 Å². The first-order valence-corrected chi connectivity index (χ1v) is 6.79. The predicted octanol–water partition coefficient (Wildman–Crippen LogP) is 3.16. The molecule has 0 aliphatic carbocycles. The van der Waals surface area contributed by atoms with Gasteiger partial charge in [-0.15, -0.1) is 22.7 Å². The fraction of sp³-hybridized carbons (Fsp3) is 0.167. The zero-order valence-corrected chi connectivity index (χ0v) is 11.5. The lowest BCUT2D eigenvalue weighted by atomic mass is 10.4. The summed E-state index contributed by atoms with van der Waals surface area (Å²) < 4.78 is 4.60. The minimum Gasteiger partial charge on any atom is -0.465 e. The number of amides is 1. The van der Waals surface area contributed by atoms with Crippen LogP contribution in [0.4, 0.5) is 5.00 Å². The van der Waals surface area contributed by atoms with E-state index in [-0.39, 0.29) is 5.91 Å². The van der Waals surface area contributed by atoms with Gasteiger partial charge in [0, 0.05) is 4.88 Å². The molecular formula is C12H11NO3S2. The number of hydrogen-bond donors (Lipinski definition) is 1. The Morgan fingerprint density at radius 1 is 1.11 bits per heavy atom. The third-order valence-electron chi connectivity index (χ3n) is 2.19. The van der Waals surface area contributed by atoms with Crippen LogP contribution in [0.1, 0.15) is 24.2 Å². The highest BCUT2D eigenvalue weighted by Gasteiger charge is 2.12. The van der Waals surface area contributed by atoms with Gasteiger partial charge in [-0.3, -0.25) is 4.79 Å². The summed E-state index contributed by atoms with van der Waals surface area (Å²) in [7, 11) is 1.33. The van der Waals surface area contributed by atoms with E-state index in [0.29, 0.717) is 14.8 Å². The molecule has 18 heavy (non-hydrogen) atoms. The van der Waals surface area contributed by atoms with Gasteiger partial charge < -0.3 is 10.1 Å². The Bertz CT molecular complexity index is 586. The molecule has 0 unspecified atom stereocenters. The van der Waals surface area contributed by atoms with Gasteiger partial charge in [-0.05, 0) is 31.2 Å². The SMILES string of the molecule is COC(=O)c1ccc(NC(=O)c2ccc(C)s2)s1. The molecule has 0 fully saturated rings. The number of nitrogens with one attached hydrogen (secondary N) is 1. The minimum absolute atomic E-state index is 0.161. The van der Waals surface area contributed by atoms with Crippen LogP contribution in [0.3, 0.4) is 0 Å². The molecule has 1 N–H and O–H groups in total. The Labute approximate surface area is 112 Å². The highest BCUT2D eigenvalue weighted by Crippen LogP contribution is 2.24. The second kappa shape index (κ2) is 5.32. The summed E-state index contributed by atoms with van der Waals surface area (Å²) in [4.78, 5) is 25.3. The summed E-state index contributed by atoms with van der Waals surface area (Å²) in [5, 5.41) is 3.38.